The summed E-state index contributed by atoms with van der Waals surface area (Å²) in [6.45, 7) is 0.741. The molecule has 7 heteroatoms. The molecule has 2 rings (SSSR count). The predicted molar refractivity (Wildman–Crippen MR) is 75.7 cm³/mol. The quantitative estimate of drug-likeness (QED) is 0.602. The molecule has 0 unspecified atom stereocenters. The molecule has 1 saturated heterocycles. The molecule has 4 N–H and O–H groups in total. The van der Waals surface area contributed by atoms with Crippen LogP contribution in [0.4, 0.5) is 0 Å². The highest BCUT2D eigenvalue weighted by Gasteiger charge is 2.41. The molecule has 0 spiro atoms. The monoisotopic (exact) mass is 297 g/mol. The van der Waals surface area contributed by atoms with Gasteiger partial charge in [-0.05, 0) is 32.2 Å². The second kappa shape index (κ2) is 8.60. The van der Waals surface area contributed by atoms with Crippen LogP contribution in [0.2, 0.25) is 0 Å². The summed E-state index contributed by atoms with van der Waals surface area (Å²) in [4.78, 5) is 20.6. The molecule has 1 heterocycles. The van der Waals surface area contributed by atoms with E-state index >= 15 is 0 Å². The Bertz CT molecular complexity index is 394. The third-order valence-corrected chi connectivity index (χ3v) is 3.86. The van der Waals surface area contributed by atoms with Gasteiger partial charge < -0.3 is 15.5 Å². The van der Waals surface area contributed by atoms with Crippen molar-refractivity contribution in [2.45, 2.75) is 56.5 Å². The van der Waals surface area contributed by atoms with E-state index in [1.54, 1.807) is 6.07 Å². The largest absolute Gasteiger partial charge is 0.480 e. The van der Waals surface area contributed by atoms with Gasteiger partial charge in [0.1, 0.15) is 0 Å². The molecule has 0 amide bonds. The van der Waals surface area contributed by atoms with Gasteiger partial charge >= 0.3 is 11.9 Å². The van der Waals surface area contributed by atoms with E-state index in [4.69, 9.17) is 15.5 Å². The minimum atomic E-state index is -1.29. The van der Waals surface area contributed by atoms with E-state index < -0.39 is 17.5 Å². The van der Waals surface area contributed by atoms with E-state index in [1.807, 2.05) is 0 Å². The van der Waals surface area contributed by atoms with Gasteiger partial charge in [0.2, 0.25) is 5.54 Å². The van der Waals surface area contributed by atoms with Crippen LogP contribution >= 0.6 is 0 Å². The number of hydrogen-bond acceptors (Lipinski definition) is 5. The van der Waals surface area contributed by atoms with Crippen LogP contribution in [0.3, 0.4) is 0 Å². The van der Waals surface area contributed by atoms with Crippen LogP contribution in [0.1, 0.15) is 44.9 Å². The van der Waals surface area contributed by atoms with E-state index in [0.717, 1.165) is 19.3 Å². The van der Waals surface area contributed by atoms with Gasteiger partial charge in [-0.1, -0.05) is 19.3 Å². The van der Waals surface area contributed by atoms with E-state index in [-0.39, 0.29) is 6.54 Å². The van der Waals surface area contributed by atoms with Crippen molar-refractivity contribution >= 4 is 11.9 Å². The molecule has 1 saturated carbocycles. The van der Waals surface area contributed by atoms with Crippen LogP contribution in [0.25, 0.3) is 0 Å². The molecule has 118 valence electrons. The zero-order valence-electron chi connectivity index (χ0n) is 12.1. The minimum absolute atomic E-state index is 0.116. The number of nitrogens with one attached hydrogen (secondary N) is 2. The summed E-state index contributed by atoms with van der Waals surface area (Å²) in [6, 6.07) is 2.22. The van der Waals surface area contributed by atoms with E-state index in [2.05, 4.69) is 10.6 Å². The van der Waals surface area contributed by atoms with Gasteiger partial charge in [-0.15, -0.1) is 0 Å². The van der Waals surface area contributed by atoms with Crippen LogP contribution in [0, 0.1) is 11.3 Å². The van der Waals surface area contributed by atoms with Crippen molar-refractivity contribution in [2.75, 3.05) is 13.1 Å². The van der Waals surface area contributed by atoms with Crippen molar-refractivity contribution < 1.29 is 19.8 Å². The number of carbonyl (C=O) groups is 2. The molecular formula is C14H23N3O4. The number of nitrogens with zero attached hydrogens (tertiary/aromatic N) is 1. The normalized spacial score (nSPS) is 25.5. The van der Waals surface area contributed by atoms with E-state index in [1.165, 1.54) is 19.3 Å². The SMILES string of the molecule is N#C[C@@]1(C(=O)O)CCCN1.O=C(O)CNC1CCCCC1. The Hall–Kier alpha value is -1.65. The maximum atomic E-state index is 10.5. The van der Waals surface area contributed by atoms with Crippen LogP contribution in [-0.2, 0) is 9.59 Å². The Labute approximate surface area is 124 Å². The summed E-state index contributed by atoms with van der Waals surface area (Å²) in [5, 5.41) is 31.1. The smallest absolute Gasteiger partial charge is 0.338 e. The van der Waals surface area contributed by atoms with Crippen molar-refractivity contribution in [3.8, 4) is 6.07 Å². The fourth-order valence-corrected chi connectivity index (χ4v) is 2.61. The first-order valence-corrected chi connectivity index (χ1v) is 7.35. The van der Waals surface area contributed by atoms with Crippen molar-refractivity contribution in [3.63, 3.8) is 0 Å². The van der Waals surface area contributed by atoms with Crippen molar-refractivity contribution in [3.05, 3.63) is 0 Å². The lowest BCUT2D eigenvalue weighted by Crippen LogP contribution is -2.45. The summed E-state index contributed by atoms with van der Waals surface area (Å²) in [5.74, 6) is -1.82. The first-order valence-electron chi connectivity index (χ1n) is 7.35. The Morgan fingerprint density at radius 3 is 2.29 bits per heavy atom. The van der Waals surface area contributed by atoms with E-state index in [9.17, 15) is 9.59 Å². The average Bonchev–Trinajstić information content (AvgIpc) is 2.97. The lowest BCUT2D eigenvalue weighted by molar-refractivity contribution is -0.141. The van der Waals surface area contributed by atoms with Crippen LogP contribution in [0.15, 0.2) is 0 Å². The second-order valence-corrected chi connectivity index (χ2v) is 5.46. The van der Waals surface area contributed by atoms with Crippen molar-refractivity contribution in [1.29, 1.82) is 5.26 Å². The maximum Gasteiger partial charge on any atom is 0.338 e. The number of aliphatic carboxylic acids is 2. The van der Waals surface area contributed by atoms with Gasteiger partial charge in [-0.2, -0.15) is 5.26 Å². The topological polar surface area (TPSA) is 122 Å². The molecule has 0 aromatic carbocycles. The second-order valence-electron chi connectivity index (χ2n) is 5.46. The maximum absolute atomic E-state index is 10.5. The highest BCUT2D eigenvalue weighted by Crippen LogP contribution is 2.18. The highest BCUT2D eigenvalue weighted by atomic mass is 16.4. The zero-order valence-corrected chi connectivity index (χ0v) is 12.1. The van der Waals surface area contributed by atoms with Crippen LogP contribution < -0.4 is 10.6 Å². The number of nitriles is 1. The van der Waals surface area contributed by atoms with Gasteiger partial charge in [0.15, 0.2) is 0 Å². The molecule has 1 aliphatic heterocycles. The van der Waals surface area contributed by atoms with Gasteiger partial charge in [-0.25, -0.2) is 4.79 Å². The molecule has 0 aromatic rings. The molecule has 2 fully saturated rings. The molecule has 7 nitrogen and oxygen atoms in total. The summed E-state index contributed by atoms with van der Waals surface area (Å²) < 4.78 is 0. The molecule has 0 radical (unpaired) electrons. The molecule has 1 atom stereocenters. The van der Waals surface area contributed by atoms with E-state index in [0.29, 0.717) is 19.0 Å². The fraction of sp³-hybridized carbons (Fsp3) is 0.786. The van der Waals surface area contributed by atoms with Gasteiger partial charge in [0.25, 0.3) is 0 Å². The number of rotatable bonds is 4. The van der Waals surface area contributed by atoms with Crippen molar-refractivity contribution in [2.24, 2.45) is 0 Å². The van der Waals surface area contributed by atoms with Crippen molar-refractivity contribution in [1.82, 2.24) is 10.6 Å². The predicted octanol–water partition coefficient (Wildman–Crippen LogP) is 0.710. The molecule has 0 bridgehead atoms. The molecule has 1 aliphatic carbocycles. The summed E-state index contributed by atoms with van der Waals surface area (Å²) >= 11 is 0. The minimum Gasteiger partial charge on any atom is -0.480 e. The molecular weight excluding hydrogens is 274 g/mol. The lowest BCUT2D eigenvalue weighted by Gasteiger charge is -2.21. The summed E-state index contributed by atoms with van der Waals surface area (Å²) in [6.07, 6.45) is 7.28. The van der Waals surface area contributed by atoms with Gasteiger partial charge in [0.05, 0.1) is 12.6 Å². The third-order valence-electron chi connectivity index (χ3n) is 3.86. The Balaban J connectivity index is 0.000000211. The molecule has 21 heavy (non-hydrogen) atoms. The Morgan fingerprint density at radius 1 is 1.24 bits per heavy atom. The first-order chi connectivity index (χ1) is 10.00. The Kier molecular flexibility index (Phi) is 7.12. The van der Waals surface area contributed by atoms with Crippen LogP contribution in [-0.4, -0.2) is 46.8 Å². The zero-order chi connectivity index (χ0) is 15.7. The van der Waals surface area contributed by atoms with Gasteiger partial charge in [-0.3, -0.25) is 10.1 Å². The van der Waals surface area contributed by atoms with Crippen LogP contribution in [0.5, 0.6) is 0 Å². The number of carboxylic acids is 2. The average molecular weight is 297 g/mol. The van der Waals surface area contributed by atoms with Gasteiger partial charge in [0, 0.05) is 6.04 Å². The number of hydrogen-bond donors (Lipinski definition) is 4. The fourth-order valence-electron chi connectivity index (χ4n) is 2.61. The first kappa shape index (κ1) is 17.4. The number of carboxylic acid groups (broad SMARTS) is 2. The Morgan fingerprint density at radius 2 is 1.90 bits per heavy atom. The lowest BCUT2D eigenvalue weighted by atomic mass is 9.96. The third kappa shape index (κ3) is 5.69. The molecule has 2 aliphatic rings. The highest BCUT2D eigenvalue weighted by molar-refractivity contribution is 5.82. The molecule has 0 aromatic heterocycles. The standard InChI is InChI=1S/C8H15NO2.C6H8N2O2/c10-8(11)6-9-7-4-2-1-3-5-7;7-4-6(5(9)10)2-1-3-8-6/h7,9H,1-6H2,(H,10,11);8H,1-3H2,(H,9,10)/t;6-/m.1/s1. The summed E-state index contributed by atoms with van der Waals surface area (Å²) in [7, 11) is 0. The summed E-state index contributed by atoms with van der Waals surface area (Å²) in [5.41, 5.74) is -1.29.